The summed E-state index contributed by atoms with van der Waals surface area (Å²) in [6.45, 7) is 1.80. The maximum atomic E-state index is 12.4. The SMILES string of the molecule is O=C(C[C@@H]1NC(=O)N(C[C@H](O)c2ccccc2)C1=O)N1CCOCC1. The number of urea groups is 1. The summed E-state index contributed by atoms with van der Waals surface area (Å²) in [5.41, 5.74) is 0.621. The highest BCUT2D eigenvalue weighted by molar-refractivity contribution is 6.05. The number of imide groups is 1. The second kappa shape index (κ2) is 7.62. The molecule has 4 amide bonds. The van der Waals surface area contributed by atoms with E-state index in [0.29, 0.717) is 31.9 Å². The zero-order valence-corrected chi connectivity index (χ0v) is 13.8. The van der Waals surface area contributed by atoms with Crippen LogP contribution in [0.1, 0.15) is 18.1 Å². The first kappa shape index (κ1) is 17.4. The third-order valence-electron chi connectivity index (χ3n) is 4.39. The highest BCUT2D eigenvalue weighted by Crippen LogP contribution is 2.18. The van der Waals surface area contributed by atoms with E-state index in [-0.39, 0.29) is 18.9 Å². The molecule has 25 heavy (non-hydrogen) atoms. The van der Waals surface area contributed by atoms with Crippen LogP contribution >= 0.6 is 0 Å². The molecule has 0 radical (unpaired) electrons. The van der Waals surface area contributed by atoms with Crippen molar-refractivity contribution in [2.24, 2.45) is 0 Å². The van der Waals surface area contributed by atoms with Crippen LogP contribution in [0.3, 0.4) is 0 Å². The van der Waals surface area contributed by atoms with Gasteiger partial charge in [-0.1, -0.05) is 30.3 Å². The van der Waals surface area contributed by atoms with E-state index < -0.39 is 24.1 Å². The molecule has 0 saturated carbocycles. The summed E-state index contributed by atoms with van der Waals surface area (Å²) < 4.78 is 5.19. The second-order valence-electron chi connectivity index (χ2n) is 6.07. The van der Waals surface area contributed by atoms with E-state index in [1.54, 1.807) is 29.2 Å². The maximum absolute atomic E-state index is 12.4. The number of benzene rings is 1. The number of nitrogens with zero attached hydrogens (tertiary/aromatic N) is 2. The molecule has 0 aromatic heterocycles. The van der Waals surface area contributed by atoms with Crippen molar-refractivity contribution in [2.75, 3.05) is 32.8 Å². The fraction of sp³-hybridized carbons (Fsp3) is 0.471. The lowest BCUT2D eigenvalue weighted by molar-refractivity contribution is -0.138. The molecule has 2 aliphatic heterocycles. The lowest BCUT2D eigenvalue weighted by Crippen LogP contribution is -2.44. The number of carbonyl (C=O) groups is 3. The van der Waals surface area contributed by atoms with Crippen molar-refractivity contribution in [3.63, 3.8) is 0 Å². The van der Waals surface area contributed by atoms with Gasteiger partial charge in [-0.2, -0.15) is 0 Å². The first-order valence-electron chi connectivity index (χ1n) is 8.26. The minimum absolute atomic E-state index is 0.0808. The largest absolute Gasteiger partial charge is 0.387 e. The Morgan fingerprint density at radius 2 is 1.92 bits per heavy atom. The van der Waals surface area contributed by atoms with Gasteiger partial charge in [-0.15, -0.1) is 0 Å². The molecule has 0 unspecified atom stereocenters. The van der Waals surface area contributed by atoms with Crippen LogP contribution in [0.5, 0.6) is 0 Å². The van der Waals surface area contributed by atoms with Crippen molar-refractivity contribution in [1.29, 1.82) is 0 Å². The quantitative estimate of drug-likeness (QED) is 0.724. The Bertz CT molecular complexity index is 645. The molecule has 0 aliphatic carbocycles. The van der Waals surface area contributed by atoms with Gasteiger partial charge in [0.1, 0.15) is 6.04 Å². The predicted octanol–water partition coefficient (Wildman–Crippen LogP) is -0.111. The van der Waals surface area contributed by atoms with Crippen LogP contribution < -0.4 is 5.32 Å². The summed E-state index contributed by atoms with van der Waals surface area (Å²) in [5.74, 6) is -0.672. The van der Waals surface area contributed by atoms with E-state index in [1.165, 1.54) is 0 Å². The highest BCUT2D eigenvalue weighted by atomic mass is 16.5. The van der Waals surface area contributed by atoms with E-state index in [0.717, 1.165) is 4.90 Å². The third-order valence-corrected chi connectivity index (χ3v) is 4.39. The molecule has 2 fully saturated rings. The van der Waals surface area contributed by atoms with Gasteiger partial charge in [0.15, 0.2) is 0 Å². The van der Waals surface area contributed by atoms with Gasteiger partial charge in [-0.05, 0) is 5.56 Å². The molecule has 2 heterocycles. The van der Waals surface area contributed by atoms with E-state index in [1.807, 2.05) is 6.07 Å². The number of carbonyl (C=O) groups excluding carboxylic acids is 3. The van der Waals surface area contributed by atoms with Crippen molar-refractivity contribution >= 4 is 17.8 Å². The van der Waals surface area contributed by atoms with E-state index >= 15 is 0 Å². The molecule has 8 nitrogen and oxygen atoms in total. The number of ether oxygens (including phenoxy) is 1. The van der Waals surface area contributed by atoms with Gasteiger partial charge in [0.05, 0.1) is 32.3 Å². The van der Waals surface area contributed by atoms with Crippen molar-refractivity contribution in [3.05, 3.63) is 35.9 Å². The normalized spacial score (nSPS) is 22.0. The van der Waals surface area contributed by atoms with Gasteiger partial charge in [0.25, 0.3) is 5.91 Å². The molecule has 0 bridgehead atoms. The zero-order valence-electron chi connectivity index (χ0n) is 13.8. The van der Waals surface area contributed by atoms with E-state index in [2.05, 4.69) is 5.32 Å². The monoisotopic (exact) mass is 347 g/mol. The van der Waals surface area contributed by atoms with Gasteiger partial charge in [-0.3, -0.25) is 14.5 Å². The molecule has 8 heteroatoms. The Morgan fingerprint density at radius 3 is 2.60 bits per heavy atom. The van der Waals surface area contributed by atoms with Crippen molar-refractivity contribution in [1.82, 2.24) is 15.1 Å². The van der Waals surface area contributed by atoms with Crippen LogP contribution in [0.2, 0.25) is 0 Å². The molecule has 1 aromatic carbocycles. The first-order valence-corrected chi connectivity index (χ1v) is 8.26. The minimum Gasteiger partial charge on any atom is -0.387 e. The van der Waals surface area contributed by atoms with Crippen molar-refractivity contribution in [3.8, 4) is 0 Å². The standard InChI is InChI=1S/C17H21N3O5/c21-14(12-4-2-1-3-5-12)11-20-16(23)13(18-17(20)24)10-15(22)19-6-8-25-9-7-19/h1-5,13-14,21H,6-11H2,(H,18,24)/t13-,14-/m0/s1. The number of aliphatic hydroxyl groups excluding tert-OH is 1. The summed E-state index contributed by atoms with van der Waals surface area (Å²) in [5, 5.41) is 12.8. The van der Waals surface area contributed by atoms with Crippen LogP contribution in [-0.2, 0) is 14.3 Å². The van der Waals surface area contributed by atoms with Crippen LogP contribution in [0.25, 0.3) is 0 Å². The van der Waals surface area contributed by atoms with Gasteiger partial charge in [0.2, 0.25) is 5.91 Å². The molecule has 2 atom stereocenters. The number of β-amino-alcohol motifs (C(OH)–C–C–N with tert-alkyl or cyclic N) is 1. The molecule has 134 valence electrons. The lowest BCUT2D eigenvalue weighted by atomic mass is 10.1. The summed E-state index contributed by atoms with van der Waals surface area (Å²) >= 11 is 0. The van der Waals surface area contributed by atoms with Crippen molar-refractivity contribution in [2.45, 2.75) is 18.6 Å². The number of amides is 4. The maximum Gasteiger partial charge on any atom is 0.324 e. The number of hydrogen-bond donors (Lipinski definition) is 2. The average molecular weight is 347 g/mol. The number of morpholine rings is 1. The smallest absolute Gasteiger partial charge is 0.324 e. The topological polar surface area (TPSA) is 99.2 Å². The summed E-state index contributed by atoms with van der Waals surface area (Å²) in [6, 6.07) is 7.34. The Morgan fingerprint density at radius 1 is 1.24 bits per heavy atom. The fourth-order valence-electron chi connectivity index (χ4n) is 2.96. The fourth-order valence-corrected chi connectivity index (χ4v) is 2.96. The van der Waals surface area contributed by atoms with Gasteiger partial charge < -0.3 is 20.1 Å². The molecule has 2 saturated heterocycles. The summed E-state index contributed by atoms with van der Waals surface area (Å²) in [7, 11) is 0. The molecule has 1 aromatic rings. The van der Waals surface area contributed by atoms with Crippen LogP contribution in [0.4, 0.5) is 4.79 Å². The molecule has 0 spiro atoms. The zero-order chi connectivity index (χ0) is 17.8. The highest BCUT2D eigenvalue weighted by Gasteiger charge is 2.40. The Labute approximate surface area is 145 Å². The predicted molar refractivity (Wildman–Crippen MR) is 87.5 cm³/mol. The summed E-state index contributed by atoms with van der Waals surface area (Å²) in [6.07, 6.45) is -1.05. The number of nitrogens with one attached hydrogen (secondary N) is 1. The van der Waals surface area contributed by atoms with Crippen LogP contribution in [-0.4, -0.2) is 71.6 Å². The average Bonchev–Trinajstić information content (AvgIpc) is 2.90. The first-order chi connectivity index (χ1) is 12.1. The summed E-state index contributed by atoms with van der Waals surface area (Å²) in [4.78, 5) is 39.3. The molecule has 2 aliphatic rings. The number of rotatable bonds is 5. The minimum atomic E-state index is -0.968. The molecular formula is C17H21N3O5. The van der Waals surface area contributed by atoms with Crippen molar-refractivity contribution < 1.29 is 24.2 Å². The Balaban J connectivity index is 1.59. The lowest BCUT2D eigenvalue weighted by Gasteiger charge is -2.27. The third kappa shape index (κ3) is 3.97. The van der Waals surface area contributed by atoms with Gasteiger partial charge >= 0.3 is 6.03 Å². The van der Waals surface area contributed by atoms with Crippen LogP contribution in [0.15, 0.2) is 30.3 Å². The number of hydrogen-bond acceptors (Lipinski definition) is 5. The van der Waals surface area contributed by atoms with E-state index in [9.17, 15) is 19.5 Å². The Kier molecular flexibility index (Phi) is 5.30. The van der Waals surface area contributed by atoms with Crippen LogP contribution in [0, 0.1) is 0 Å². The van der Waals surface area contributed by atoms with Gasteiger partial charge in [0, 0.05) is 13.1 Å². The Hall–Kier alpha value is -2.45. The second-order valence-corrected chi connectivity index (χ2v) is 6.07. The van der Waals surface area contributed by atoms with Gasteiger partial charge in [-0.25, -0.2) is 4.79 Å². The number of aliphatic hydroxyl groups is 1. The van der Waals surface area contributed by atoms with E-state index in [4.69, 9.17) is 4.74 Å². The molecular weight excluding hydrogens is 326 g/mol. The molecule has 2 N–H and O–H groups in total. The molecule has 3 rings (SSSR count).